The van der Waals surface area contributed by atoms with Crippen LogP contribution in [-0.2, 0) is 5.54 Å². The van der Waals surface area contributed by atoms with E-state index in [4.69, 9.17) is 0 Å². The minimum atomic E-state index is -0.333. The van der Waals surface area contributed by atoms with Crippen molar-refractivity contribution in [2.24, 2.45) is 0 Å². The summed E-state index contributed by atoms with van der Waals surface area (Å²) in [6, 6.07) is 9.91. The standard InChI is InChI=1S/C17H16BrN5O/c1-11-6-9-19-16-20-14(22-23(11)16)15(24)21-17(7-3-8-17)12-4-2-5-13(18)10-12/h2,4-6,9-10H,3,7-8H2,1H3,(H,21,24). The third-order valence-corrected chi connectivity index (χ3v) is 5.06. The van der Waals surface area contributed by atoms with Crippen molar-refractivity contribution in [3.63, 3.8) is 0 Å². The lowest BCUT2D eigenvalue weighted by molar-refractivity contribution is 0.0812. The van der Waals surface area contributed by atoms with Gasteiger partial charge in [-0.3, -0.25) is 4.79 Å². The number of nitrogens with zero attached hydrogens (tertiary/aromatic N) is 4. The fraction of sp³-hybridized carbons (Fsp3) is 0.294. The molecule has 122 valence electrons. The third kappa shape index (κ3) is 2.49. The molecule has 1 saturated carbocycles. The van der Waals surface area contributed by atoms with Gasteiger partial charge in [-0.1, -0.05) is 28.1 Å². The summed E-state index contributed by atoms with van der Waals surface area (Å²) in [5.74, 6) is 0.322. The number of carbonyl (C=O) groups excluding carboxylic acids is 1. The first-order valence-electron chi connectivity index (χ1n) is 7.84. The van der Waals surface area contributed by atoms with Crippen molar-refractivity contribution < 1.29 is 4.79 Å². The maximum absolute atomic E-state index is 12.7. The summed E-state index contributed by atoms with van der Waals surface area (Å²) >= 11 is 3.50. The topological polar surface area (TPSA) is 72.2 Å². The Bertz CT molecular complexity index is 932. The maximum atomic E-state index is 12.7. The number of fused-ring (bicyclic) bond motifs is 1. The minimum absolute atomic E-state index is 0.151. The van der Waals surface area contributed by atoms with Crippen molar-refractivity contribution in [2.45, 2.75) is 31.7 Å². The molecule has 24 heavy (non-hydrogen) atoms. The van der Waals surface area contributed by atoms with Crippen LogP contribution in [-0.4, -0.2) is 25.5 Å². The molecule has 1 aromatic carbocycles. The van der Waals surface area contributed by atoms with Crippen LogP contribution in [0.15, 0.2) is 41.0 Å². The van der Waals surface area contributed by atoms with E-state index in [0.717, 1.165) is 35.0 Å². The Morgan fingerprint density at radius 1 is 1.33 bits per heavy atom. The van der Waals surface area contributed by atoms with E-state index in [0.29, 0.717) is 5.78 Å². The minimum Gasteiger partial charge on any atom is -0.340 e. The van der Waals surface area contributed by atoms with Gasteiger partial charge >= 0.3 is 0 Å². The SMILES string of the molecule is Cc1ccnc2nc(C(=O)NC3(c4cccc(Br)c4)CCC3)nn12. The zero-order chi connectivity index (χ0) is 16.7. The van der Waals surface area contributed by atoms with E-state index < -0.39 is 0 Å². The van der Waals surface area contributed by atoms with E-state index in [1.807, 2.05) is 31.2 Å². The molecule has 3 aromatic rings. The van der Waals surface area contributed by atoms with Crippen LogP contribution in [0.25, 0.3) is 5.78 Å². The van der Waals surface area contributed by atoms with Gasteiger partial charge in [-0.2, -0.15) is 4.98 Å². The Balaban J connectivity index is 1.65. The number of halogens is 1. The zero-order valence-corrected chi connectivity index (χ0v) is 14.7. The highest BCUT2D eigenvalue weighted by Gasteiger charge is 2.41. The predicted molar refractivity (Wildman–Crippen MR) is 92.7 cm³/mol. The smallest absolute Gasteiger partial charge is 0.291 e. The van der Waals surface area contributed by atoms with Crippen molar-refractivity contribution in [2.75, 3.05) is 0 Å². The van der Waals surface area contributed by atoms with Crippen molar-refractivity contribution >= 4 is 27.6 Å². The highest BCUT2D eigenvalue weighted by atomic mass is 79.9. The van der Waals surface area contributed by atoms with Crippen LogP contribution in [0, 0.1) is 6.92 Å². The lowest BCUT2D eigenvalue weighted by atomic mass is 9.72. The largest absolute Gasteiger partial charge is 0.340 e. The maximum Gasteiger partial charge on any atom is 0.291 e. The van der Waals surface area contributed by atoms with E-state index in [1.165, 1.54) is 0 Å². The molecule has 1 aliphatic rings. The van der Waals surface area contributed by atoms with Crippen LogP contribution in [0.5, 0.6) is 0 Å². The molecule has 0 spiro atoms. The van der Waals surface area contributed by atoms with Gasteiger partial charge in [0.05, 0.1) is 5.54 Å². The summed E-state index contributed by atoms with van der Waals surface area (Å²) < 4.78 is 2.59. The predicted octanol–water partition coefficient (Wildman–Crippen LogP) is 3.00. The van der Waals surface area contributed by atoms with Crippen LogP contribution < -0.4 is 5.32 Å². The van der Waals surface area contributed by atoms with E-state index >= 15 is 0 Å². The van der Waals surface area contributed by atoms with Gasteiger partial charge in [-0.25, -0.2) is 9.50 Å². The van der Waals surface area contributed by atoms with Gasteiger partial charge in [0.1, 0.15) is 0 Å². The van der Waals surface area contributed by atoms with Gasteiger partial charge in [-0.05, 0) is 49.9 Å². The Labute approximate surface area is 147 Å². The molecule has 2 heterocycles. The average molecular weight is 386 g/mol. The number of hydrogen-bond acceptors (Lipinski definition) is 4. The Morgan fingerprint density at radius 3 is 2.83 bits per heavy atom. The number of aromatic nitrogens is 4. The number of carbonyl (C=O) groups is 1. The number of aryl methyl sites for hydroxylation is 1. The quantitative estimate of drug-likeness (QED) is 0.751. The number of rotatable bonds is 3. The summed E-state index contributed by atoms with van der Waals surface area (Å²) in [5.41, 5.74) is 1.66. The molecule has 2 aromatic heterocycles. The first-order valence-corrected chi connectivity index (χ1v) is 8.64. The molecule has 1 N–H and O–H groups in total. The Hall–Kier alpha value is -2.28. The van der Waals surface area contributed by atoms with Gasteiger partial charge in [0.15, 0.2) is 0 Å². The molecule has 0 aliphatic heterocycles. The molecule has 0 saturated heterocycles. The second-order valence-corrected chi connectivity index (χ2v) is 7.05. The molecule has 1 amide bonds. The number of hydrogen-bond donors (Lipinski definition) is 1. The molecule has 0 bridgehead atoms. The van der Waals surface area contributed by atoms with E-state index in [2.05, 4.69) is 42.4 Å². The molecule has 0 atom stereocenters. The molecule has 7 heteroatoms. The van der Waals surface area contributed by atoms with E-state index in [1.54, 1.807) is 10.7 Å². The number of amides is 1. The summed E-state index contributed by atoms with van der Waals surface area (Å²) in [5, 5.41) is 7.43. The fourth-order valence-corrected chi connectivity index (χ4v) is 3.48. The van der Waals surface area contributed by atoms with Gasteiger partial charge in [-0.15, -0.1) is 5.10 Å². The first-order chi connectivity index (χ1) is 11.6. The van der Waals surface area contributed by atoms with E-state index in [9.17, 15) is 4.79 Å². The number of benzene rings is 1. The highest BCUT2D eigenvalue weighted by Crippen LogP contribution is 2.42. The number of nitrogens with one attached hydrogen (secondary N) is 1. The monoisotopic (exact) mass is 385 g/mol. The van der Waals surface area contributed by atoms with E-state index in [-0.39, 0.29) is 17.3 Å². The Kier molecular flexibility index (Phi) is 3.60. The van der Waals surface area contributed by atoms with Crippen molar-refractivity contribution in [3.05, 3.63) is 58.1 Å². The van der Waals surface area contributed by atoms with Crippen LogP contribution in [0.3, 0.4) is 0 Å². The lowest BCUT2D eigenvalue weighted by Crippen LogP contribution is -2.51. The van der Waals surface area contributed by atoms with Crippen molar-refractivity contribution in [1.82, 2.24) is 24.9 Å². The first kappa shape index (κ1) is 15.3. The normalized spacial score (nSPS) is 15.9. The van der Waals surface area contributed by atoms with Crippen LogP contribution in [0.2, 0.25) is 0 Å². The third-order valence-electron chi connectivity index (χ3n) is 4.57. The summed E-state index contributed by atoms with van der Waals surface area (Å²) in [7, 11) is 0. The molecule has 6 nitrogen and oxygen atoms in total. The molecular weight excluding hydrogens is 370 g/mol. The van der Waals surface area contributed by atoms with Gasteiger partial charge in [0.25, 0.3) is 11.7 Å². The van der Waals surface area contributed by atoms with Gasteiger partial charge < -0.3 is 5.32 Å². The Morgan fingerprint density at radius 2 is 2.17 bits per heavy atom. The van der Waals surface area contributed by atoms with Crippen LogP contribution >= 0.6 is 15.9 Å². The molecule has 0 unspecified atom stereocenters. The average Bonchev–Trinajstić information content (AvgIpc) is 2.96. The second kappa shape index (κ2) is 5.66. The molecule has 4 rings (SSSR count). The fourth-order valence-electron chi connectivity index (χ4n) is 3.08. The van der Waals surface area contributed by atoms with Gasteiger partial charge in [0.2, 0.25) is 5.82 Å². The summed E-state index contributed by atoms with van der Waals surface area (Å²) in [4.78, 5) is 21.1. The summed E-state index contributed by atoms with van der Waals surface area (Å²) in [6.07, 6.45) is 4.59. The van der Waals surface area contributed by atoms with Crippen molar-refractivity contribution in [1.29, 1.82) is 0 Å². The van der Waals surface area contributed by atoms with Gasteiger partial charge in [0, 0.05) is 16.4 Å². The van der Waals surface area contributed by atoms with Crippen LogP contribution in [0.4, 0.5) is 0 Å². The second-order valence-electron chi connectivity index (χ2n) is 6.13. The molecular formula is C17H16BrN5O. The summed E-state index contributed by atoms with van der Waals surface area (Å²) in [6.45, 7) is 1.90. The zero-order valence-electron chi connectivity index (χ0n) is 13.2. The highest BCUT2D eigenvalue weighted by molar-refractivity contribution is 9.10. The molecule has 0 radical (unpaired) electrons. The van der Waals surface area contributed by atoms with Crippen LogP contribution in [0.1, 0.15) is 41.1 Å². The van der Waals surface area contributed by atoms with Crippen molar-refractivity contribution in [3.8, 4) is 0 Å². The molecule has 1 aliphatic carbocycles. The molecule has 1 fully saturated rings. The lowest BCUT2D eigenvalue weighted by Gasteiger charge is -2.43.